The van der Waals surface area contributed by atoms with Gasteiger partial charge in [-0.25, -0.2) is 0 Å². The number of hydrogen-bond acceptors (Lipinski definition) is 4. The topological polar surface area (TPSA) is 73.2 Å². The third-order valence-electron chi connectivity index (χ3n) is 4.01. The molecule has 0 fully saturated rings. The van der Waals surface area contributed by atoms with Gasteiger partial charge in [-0.1, -0.05) is 23.8 Å². The minimum Gasteiger partial charge on any atom is -0.497 e. The number of nitrogens with one attached hydrogen (secondary N) is 1. The Labute approximate surface area is 145 Å². The molecular weight excluding hydrogens is 318 g/mol. The number of rotatable bonds is 4. The Kier molecular flexibility index (Phi) is 4.52. The summed E-state index contributed by atoms with van der Waals surface area (Å²) in [4.78, 5) is 25.1. The fraction of sp³-hybridized carbons (Fsp3) is 0.211. The molecule has 0 atom stereocenters. The highest BCUT2D eigenvalue weighted by molar-refractivity contribution is 5.95. The molecule has 25 heavy (non-hydrogen) atoms. The first-order chi connectivity index (χ1) is 12.0. The second-order valence-corrected chi connectivity index (χ2v) is 5.86. The number of aryl methyl sites for hydroxylation is 2. The number of carbonyl (C=O) groups is 1. The Bertz CT molecular complexity index is 1010. The summed E-state index contributed by atoms with van der Waals surface area (Å²) in [6.45, 7) is 2.19. The van der Waals surface area contributed by atoms with Crippen LogP contribution in [0, 0.1) is 6.92 Å². The number of ether oxygens (including phenoxy) is 1. The SMILES string of the molecule is COc1cccc(CNC(=O)c2nn(C)c3ccc(C)cc3c2=O)c1. The number of hydrogen-bond donors (Lipinski definition) is 1. The lowest BCUT2D eigenvalue weighted by Gasteiger charge is -2.09. The molecule has 2 aromatic carbocycles. The number of amides is 1. The smallest absolute Gasteiger partial charge is 0.276 e. The molecule has 0 aliphatic heterocycles. The summed E-state index contributed by atoms with van der Waals surface area (Å²) in [6.07, 6.45) is 0. The molecule has 1 N–H and O–H groups in total. The van der Waals surface area contributed by atoms with Crippen molar-refractivity contribution in [3.63, 3.8) is 0 Å². The van der Waals surface area contributed by atoms with Crippen LogP contribution in [0.25, 0.3) is 10.9 Å². The van der Waals surface area contributed by atoms with E-state index in [1.165, 1.54) is 0 Å². The molecule has 0 aliphatic rings. The van der Waals surface area contributed by atoms with Gasteiger partial charge in [0, 0.05) is 13.6 Å². The lowest BCUT2D eigenvalue weighted by molar-refractivity contribution is 0.0943. The summed E-state index contributed by atoms with van der Waals surface area (Å²) in [5.41, 5.74) is 2.06. The minimum absolute atomic E-state index is 0.108. The normalized spacial score (nSPS) is 10.7. The zero-order valence-corrected chi connectivity index (χ0v) is 14.4. The van der Waals surface area contributed by atoms with Crippen LogP contribution in [-0.4, -0.2) is 22.8 Å². The van der Waals surface area contributed by atoms with Crippen molar-refractivity contribution in [3.05, 3.63) is 69.5 Å². The van der Waals surface area contributed by atoms with Crippen molar-refractivity contribution < 1.29 is 9.53 Å². The number of aromatic nitrogens is 2. The van der Waals surface area contributed by atoms with Crippen LogP contribution in [0.4, 0.5) is 0 Å². The number of fused-ring (bicyclic) bond motifs is 1. The highest BCUT2D eigenvalue weighted by Gasteiger charge is 2.16. The van der Waals surface area contributed by atoms with Gasteiger partial charge in [0.05, 0.1) is 18.0 Å². The van der Waals surface area contributed by atoms with E-state index in [2.05, 4.69) is 10.4 Å². The van der Waals surface area contributed by atoms with E-state index in [9.17, 15) is 9.59 Å². The summed E-state index contributed by atoms with van der Waals surface area (Å²) in [5.74, 6) is 0.216. The van der Waals surface area contributed by atoms with Crippen molar-refractivity contribution in [1.29, 1.82) is 0 Å². The van der Waals surface area contributed by atoms with Gasteiger partial charge in [-0.2, -0.15) is 5.10 Å². The second kappa shape index (κ2) is 6.76. The molecule has 0 saturated heterocycles. The van der Waals surface area contributed by atoms with Crippen molar-refractivity contribution in [1.82, 2.24) is 15.1 Å². The molecule has 3 aromatic rings. The maximum atomic E-state index is 12.6. The van der Waals surface area contributed by atoms with E-state index in [0.29, 0.717) is 16.7 Å². The first kappa shape index (κ1) is 16.7. The molecule has 6 nitrogen and oxygen atoms in total. The van der Waals surface area contributed by atoms with Crippen molar-refractivity contribution in [2.45, 2.75) is 13.5 Å². The molecule has 1 aromatic heterocycles. The quantitative estimate of drug-likeness (QED) is 0.792. The van der Waals surface area contributed by atoms with Gasteiger partial charge in [-0.3, -0.25) is 14.3 Å². The monoisotopic (exact) mass is 337 g/mol. The standard InChI is InChI=1S/C19H19N3O3/c1-12-7-8-16-15(9-12)18(23)17(21-22(16)2)19(24)20-11-13-5-4-6-14(10-13)25-3/h4-10H,11H2,1-3H3,(H,20,24). The Morgan fingerprint density at radius 2 is 2.04 bits per heavy atom. The summed E-state index contributed by atoms with van der Waals surface area (Å²) in [6, 6.07) is 12.9. The van der Waals surface area contributed by atoms with E-state index in [4.69, 9.17) is 4.74 Å². The van der Waals surface area contributed by atoms with Crippen LogP contribution in [0.2, 0.25) is 0 Å². The van der Waals surface area contributed by atoms with Gasteiger partial charge in [0.1, 0.15) is 5.75 Å². The van der Waals surface area contributed by atoms with Crippen molar-refractivity contribution in [3.8, 4) is 5.75 Å². The van der Waals surface area contributed by atoms with Gasteiger partial charge in [-0.15, -0.1) is 0 Å². The average Bonchev–Trinajstić information content (AvgIpc) is 2.62. The summed E-state index contributed by atoms with van der Waals surface area (Å²) < 4.78 is 6.71. The van der Waals surface area contributed by atoms with Crippen molar-refractivity contribution >= 4 is 16.8 Å². The molecule has 0 aliphatic carbocycles. The van der Waals surface area contributed by atoms with Crippen molar-refractivity contribution in [2.24, 2.45) is 7.05 Å². The largest absolute Gasteiger partial charge is 0.497 e. The predicted octanol–water partition coefficient (Wildman–Crippen LogP) is 2.18. The lowest BCUT2D eigenvalue weighted by atomic mass is 10.1. The Morgan fingerprint density at radius 3 is 2.80 bits per heavy atom. The van der Waals surface area contributed by atoms with Crippen LogP contribution in [-0.2, 0) is 13.6 Å². The fourth-order valence-electron chi connectivity index (χ4n) is 2.69. The molecule has 128 valence electrons. The second-order valence-electron chi connectivity index (χ2n) is 5.86. The van der Waals surface area contributed by atoms with E-state index in [1.54, 1.807) is 24.9 Å². The molecule has 0 spiro atoms. The molecule has 0 bridgehead atoms. The zero-order valence-electron chi connectivity index (χ0n) is 14.4. The van der Waals surface area contributed by atoms with Gasteiger partial charge >= 0.3 is 0 Å². The Balaban J connectivity index is 1.89. The van der Waals surface area contributed by atoms with Crippen LogP contribution in [0.15, 0.2) is 47.3 Å². The first-order valence-corrected chi connectivity index (χ1v) is 7.88. The van der Waals surface area contributed by atoms with Gasteiger partial charge in [-0.05, 0) is 36.8 Å². The molecular formula is C19H19N3O3. The van der Waals surface area contributed by atoms with Crippen LogP contribution >= 0.6 is 0 Å². The molecule has 3 rings (SSSR count). The van der Waals surface area contributed by atoms with Gasteiger partial charge < -0.3 is 10.1 Å². The lowest BCUT2D eigenvalue weighted by Crippen LogP contribution is -2.31. The molecule has 1 amide bonds. The van der Waals surface area contributed by atoms with Gasteiger partial charge in [0.15, 0.2) is 5.69 Å². The van der Waals surface area contributed by atoms with E-state index in [0.717, 1.165) is 11.1 Å². The average molecular weight is 337 g/mol. The van der Waals surface area contributed by atoms with E-state index in [-0.39, 0.29) is 17.7 Å². The number of nitrogens with zero attached hydrogens (tertiary/aromatic N) is 2. The maximum absolute atomic E-state index is 12.6. The van der Waals surface area contributed by atoms with Crippen LogP contribution in [0.3, 0.4) is 0 Å². The van der Waals surface area contributed by atoms with Crippen LogP contribution < -0.4 is 15.5 Å². The van der Waals surface area contributed by atoms with Crippen LogP contribution in [0.5, 0.6) is 5.75 Å². The Hall–Kier alpha value is -3.15. The third-order valence-corrected chi connectivity index (χ3v) is 4.01. The maximum Gasteiger partial charge on any atom is 0.276 e. The summed E-state index contributed by atoms with van der Waals surface area (Å²) in [7, 11) is 3.30. The summed E-state index contributed by atoms with van der Waals surface area (Å²) in [5, 5.41) is 7.38. The molecule has 0 unspecified atom stereocenters. The van der Waals surface area contributed by atoms with E-state index >= 15 is 0 Å². The fourth-order valence-corrected chi connectivity index (χ4v) is 2.69. The first-order valence-electron chi connectivity index (χ1n) is 7.88. The van der Waals surface area contributed by atoms with Gasteiger partial charge in [0.2, 0.25) is 5.43 Å². The zero-order chi connectivity index (χ0) is 18.0. The number of methoxy groups -OCH3 is 1. The number of carbonyl (C=O) groups excluding carboxylic acids is 1. The molecule has 0 saturated carbocycles. The number of benzene rings is 2. The van der Waals surface area contributed by atoms with Crippen molar-refractivity contribution in [2.75, 3.05) is 7.11 Å². The highest BCUT2D eigenvalue weighted by atomic mass is 16.5. The molecule has 0 radical (unpaired) electrons. The molecule has 6 heteroatoms. The highest BCUT2D eigenvalue weighted by Crippen LogP contribution is 2.13. The minimum atomic E-state index is -0.494. The summed E-state index contributed by atoms with van der Waals surface area (Å²) >= 11 is 0. The third kappa shape index (κ3) is 3.38. The van der Waals surface area contributed by atoms with E-state index < -0.39 is 5.91 Å². The predicted molar refractivity (Wildman–Crippen MR) is 95.9 cm³/mol. The Morgan fingerprint density at radius 1 is 1.24 bits per heavy atom. The van der Waals surface area contributed by atoms with Crippen LogP contribution in [0.1, 0.15) is 21.6 Å². The van der Waals surface area contributed by atoms with Gasteiger partial charge in [0.25, 0.3) is 5.91 Å². The van der Waals surface area contributed by atoms with E-state index in [1.807, 2.05) is 43.3 Å². The molecule has 1 heterocycles.